The smallest absolute Gasteiger partial charge is 0.346 e. The maximum absolute atomic E-state index is 12.4. The Bertz CT molecular complexity index is 804. The molecule has 1 aliphatic rings. The number of carbonyl (C=O) groups excluding carboxylic acids is 1. The topological polar surface area (TPSA) is 101 Å². The molecule has 1 fully saturated rings. The number of amides is 1. The lowest BCUT2D eigenvalue weighted by atomic mass is 10.2. The van der Waals surface area contributed by atoms with Crippen molar-refractivity contribution in [1.82, 2.24) is 14.9 Å². The van der Waals surface area contributed by atoms with E-state index >= 15 is 0 Å². The van der Waals surface area contributed by atoms with Crippen LogP contribution >= 0.6 is 11.3 Å². The number of carbonyl (C=O) groups is 2. The van der Waals surface area contributed by atoms with Crippen molar-refractivity contribution in [3.8, 4) is 0 Å². The van der Waals surface area contributed by atoms with E-state index in [2.05, 4.69) is 10.3 Å². The van der Waals surface area contributed by atoms with Gasteiger partial charge in [-0.2, -0.15) is 0 Å². The number of aromatic carboxylic acids is 1. The van der Waals surface area contributed by atoms with E-state index in [-0.39, 0.29) is 34.3 Å². The molecule has 0 radical (unpaired) electrons. The molecule has 0 spiro atoms. The van der Waals surface area contributed by atoms with E-state index in [1.807, 2.05) is 0 Å². The van der Waals surface area contributed by atoms with E-state index < -0.39 is 5.97 Å². The average molecular weight is 307 g/mol. The summed E-state index contributed by atoms with van der Waals surface area (Å²) in [5, 5.41) is 12.2. The lowest BCUT2D eigenvalue weighted by molar-refractivity contribution is -0.121. The second-order valence-electron chi connectivity index (χ2n) is 5.06. The number of aryl methyl sites for hydroxylation is 1. The van der Waals surface area contributed by atoms with Gasteiger partial charge in [0.25, 0.3) is 5.56 Å². The second-order valence-corrected chi connectivity index (χ2v) is 6.06. The first-order chi connectivity index (χ1) is 9.97. The molecule has 110 valence electrons. The van der Waals surface area contributed by atoms with Gasteiger partial charge in [0.1, 0.15) is 16.3 Å². The third-order valence-electron chi connectivity index (χ3n) is 3.37. The van der Waals surface area contributed by atoms with Gasteiger partial charge in [-0.05, 0) is 25.3 Å². The van der Waals surface area contributed by atoms with Crippen LogP contribution in [0.2, 0.25) is 0 Å². The Kier molecular flexibility index (Phi) is 3.25. The van der Waals surface area contributed by atoms with Gasteiger partial charge < -0.3 is 10.4 Å². The number of thiophene rings is 1. The van der Waals surface area contributed by atoms with Gasteiger partial charge in [-0.15, -0.1) is 11.3 Å². The SMILES string of the molecule is Cc1c(C(=O)O)sc2ncn(CC(=O)NC3CC3)c(=O)c12. The average Bonchev–Trinajstić information content (AvgIpc) is 3.15. The van der Waals surface area contributed by atoms with E-state index in [0.717, 1.165) is 24.2 Å². The molecular formula is C13H13N3O4S. The van der Waals surface area contributed by atoms with Crippen LogP contribution in [-0.2, 0) is 11.3 Å². The van der Waals surface area contributed by atoms with E-state index in [0.29, 0.717) is 10.4 Å². The fraction of sp³-hybridized carbons (Fsp3) is 0.385. The van der Waals surface area contributed by atoms with Gasteiger partial charge in [0.2, 0.25) is 5.91 Å². The third-order valence-corrected chi connectivity index (χ3v) is 4.56. The molecule has 8 heteroatoms. The lowest BCUT2D eigenvalue weighted by Crippen LogP contribution is -2.33. The first kappa shape index (κ1) is 13.7. The minimum atomic E-state index is -1.08. The van der Waals surface area contributed by atoms with Crippen LogP contribution in [0.25, 0.3) is 10.2 Å². The Morgan fingerprint density at radius 1 is 1.52 bits per heavy atom. The van der Waals surface area contributed by atoms with Gasteiger partial charge in [0.05, 0.1) is 11.7 Å². The second kappa shape index (κ2) is 4.96. The number of hydrogen-bond donors (Lipinski definition) is 2. The van der Waals surface area contributed by atoms with E-state index in [1.165, 1.54) is 10.9 Å². The molecule has 2 aromatic rings. The molecule has 0 bridgehead atoms. The molecule has 3 rings (SSSR count). The summed E-state index contributed by atoms with van der Waals surface area (Å²) in [4.78, 5) is 39.8. The predicted molar refractivity (Wildman–Crippen MR) is 76.7 cm³/mol. The summed E-state index contributed by atoms with van der Waals surface area (Å²) >= 11 is 0.970. The number of hydrogen-bond acceptors (Lipinski definition) is 5. The van der Waals surface area contributed by atoms with Crippen LogP contribution in [0.5, 0.6) is 0 Å². The lowest BCUT2D eigenvalue weighted by Gasteiger charge is -2.06. The summed E-state index contributed by atoms with van der Waals surface area (Å²) in [5.41, 5.74) is 0.0177. The molecule has 21 heavy (non-hydrogen) atoms. The monoisotopic (exact) mass is 307 g/mol. The molecule has 2 heterocycles. The Morgan fingerprint density at radius 2 is 2.24 bits per heavy atom. The number of rotatable bonds is 4. The van der Waals surface area contributed by atoms with Gasteiger partial charge >= 0.3 is 5.97 Å². The highest BCUT2D eigenvalue weighted by Gasteiger charge is 2.24. The predicted octanol–water partition coefficient (Wildman–Crippen LogP) is 0.743. The maximum Gasteiger partial charge on any atom is 0.346 e. The fourth-order valence-electron chi connectivity index (χ4n) is 2.13. The molecule has 0 unspecified atom stereocenters. The summed E-state index contributed by atoms with van der Waals surface area (Å²) < 4.78 is 1.21. The number of nitrogens with zero attached hydrogens (tertiary/aromatic N) is 2. The number of nitrogens with one attached hydrogen (secondary N) is 1. The van der Waals surface area contributed by atoms with Crippen molar-refractivity contribution >= 4 is 33.4 Å². The van der Waals surface area contributed by atoms with Crippen LogP contribution in [0.4, 0.5) is 0 Å². The fourth-order valence-corrected chi connectivity index (χ4v) is 3.11. The van der Waals surface area contributed by atoms with Gasteiger partial charge in [0.15, 0.2) is 0 Å². The minimum absolute atomic E-state index is 0.101. The molecule has 7 nitrogen and oxygen atoms in total. The van der Waals surface area contributed by atoms with Crippen molar-refractivity contribution < 1.29 is 14.7 Å². The minimum Gasteiger partial charge on any atom is -0.477 e. The van der Waals surface area contributed by atoms with E-state index in [1.54, 1.807) is 6.92 Å². The first-order valence-electron chi connectivity index (χ1n) is 6.48. The number of carboxylic acid groups (broad SMARTS) is 1. The normalized spacial score (nSPS) is 14.3. The van der Waals surface area contributed by atoms with Gasteiger partial charge in [-0.1, -0.05) is 0 Å². The molecule has 1 saturated carbocycles. The summed E-state index contributed by atoms with van der Waals surface area (Å²) in [6, 6.07) is 0.228. The molecular weight excluding hydrogens is 294 g/mol. The van der Waals surface area contributed by atoms with Crippen molar-refractivity contribution in [2.24, 2.45) is 0 Å². The highest BCUT2D eigenvalue weighted by Crippen LogP contribution is 2.26. The van der Waals surface area contributed by atoms with Crippen LogP contribution < -0.4 is 10.9 Å². The van der Waals surface area contributed by atoms with Gasteiger partial charge in [-0.25, -0.2) is 9.78 Å². The van der Waals surface area contributed by atoms with Crippen LogP contribution in [0.15, 0.2) is 11.1 Å². The zero-order chi connectivity index (χ0) is 15.1. The summed E-state index contributed by atoms with van der Waals surface area (Å²) in [7, 11) is 0. The summed E-state index contributed by atoms with van der Waals surface area (Å²) in [6.07, 6.45) is 3.24. The molecule has 1 amide bonds. The first-order valence-corrected chi connectivity index (χ1v) is 7.30. The molecule has 0 aliphatic heterocycles. The number of aromatic nitrogens is 2. The molecule has 2 N–H and O–H groups in total. The zero-order valence-electron chi connectivity index (χ0n) is 11.3. The van der Waals surface area contributed by atoms with Gasteiger partial charge in [0, 0.05) is 6.04 Å². The maximum atomic E-state index is 12.4. The van der Waals surface area contributed by atoms with Crippen LogP contribution in [0.3, 0.4) is 0 Å². The van der Waals surface area contributed by atoms with Crippen molar-refractivity contribution in [2.45, 2.75) is 32.4 Å². The van der Waals surface area contributed by atoms with Gasteiger partial charge in [-0.3, -0.25) is 14.2 Å². The summed E-state index contributed by atoms with van der Waals surface area (Å²) in [6.45, 7) is 1.48. The number of fused-ring (bicyclic) bond motifs is 1. The molecule has 0 atom stereocenters. The molecule has 0 saturated heterocycles. The van der Waals surface area contributed by atoms with Crippen molar-refractivity contribution in [3.05, 3.63) is 27.1 Å². The van der Waals surface area contributed by atoms with Crippen molar-refractivity contribution in [1.29, 1.82) is 0 Å². The standard InChI is InChI=1S/C13H13N3O4S/c1-6-9-11(21-10(6)13(19)20)14-5-16(12(9)18)4-8(17)15-7-2-3-7/h5,7H,2-4H2,1H3,(H,15,17)(H,19,20). The quantitative estimate of drug-likeness (QED) is 0.867. The highest BCUT2D eigenvalue weighted by atomic mass is 32.1. The number of carboxylic acids is 1. The Labute approximate surface area is 123 Å². The van der Waals surface area contributed by atoms with E-state index in [9.17, 15) is 14.4 Å². The largest absolute Gasteiger partial charge is 0.477 e. The van der Waals surface area contributed by atoms with E-state index in [4.69, 9.17) is 5.11 Å². The van der Waals surface area contributed by atoms with Crippen LogP contribution in [-0.4, -0.2) is 32.6 Å². The Morgan fingerprint density at radius 3 is 2.86 bits per heavy atom. The van der Waals surface area contributed by atoms with Crippen LogP contribution in [0, 0.1) is 6.92 Å². The summed E-state index contributed by atoms with van der Waals surface area (Å²) in [5.74, 6) is -1.31. The van der Waals surface area contributed by atoms with Crippen molar-refractivity contribution in [3.63, 3.8) is 0 Å². The Hall–Kier alpha value is -2.22. The Balaban J connectivity index is 1.99. The zero-order valence-corrected chi connectivity index (χ0v) is 12.1. The molecule has 1 aliphatic carbocycles. The molecule has 0 aromatic carbocycles. The van der Waals surface area contributed by atoms with Crippen LogP contribution in [0.1, 0.15) is 28.1 Å². The highest BCUT2D eigenvalue weighted by molar-refractivity contribution is 7.20. The third kappa shape index (κ3) is 2.54. The molecule has 2 aromatic heterocycles. The van der Waals surface area contributed by atoms with Crippen molar-refractivity contribution in [2.75, 3.05) is 0 Å².